The average molecular weight is 863 g/mol. The van der Waals surface area contributed by atoms with Crippen LogP contribution in [0.25, 0.3) is 55.6 Å². The summed E-state index contributed by atoms with van der Waals surface area (Å²) in [6, 6.07) is 42.2. The second-order valence-electron chi connectivity index (χ2n) is 15.0. The van der Waals surface area contributed by atoms with Crippen molar-refractivity contribution >= 4 is 35.2 Å². The molecular formula is C46H46IrN2OSi-2. The molecule has 3 aromatic heterocycles. The Kier molecular flexibility index (Phi) is 11.5. The molecule has 51 heavy (non-hydrogen) atoms. The first-order chi connectivity index (χ1) is 24.2. The second-order valence-corrected chi connectivity index (χ2v) is 20.0. The molecule has 7 aromatic rings. The number of rotatable bonds is 7. The van der Waals surface area contributed by atoms with Crippen molar-refractivity contribution in [3.63, 3.8) is 0 Å². The number of aromatic nitrogens is 2. The topological polar surface area (TPSA) is 38.9 Å². The van der Waals surface area contributed by atoms with Crippen LogP contribution in [0, 0.1) is 18.1 Å². The van der Waals surface area contributed by atoms with Gasteiger partial charge in [0.2, 0.25) is 0 Å². The Balaban J connectivity index is 0.000000178. The molecule has 8 rings (SSSR count). The third-order valence-corrected chi connectivity index (χ3v) is 12.1. The molecule has 1 fully saturated rings. The van der Waals surface area contributed by atoms with Crippen LogP contribution in [0.15, 0.2) is 120 Å². The van der Waals surface area contributed by atoms with E-state index in [2.05, 4.69) is 136 Å². The van der Waals surface area contributed by atoms with Crippen LogP contribution in [0.3, 0.4) is 0 Å². The Hall–Kier alpha value is -4.15. The van der Waals surface area contributed by atoms with Crippen LogP contribution in [0.5, 0.6) is 0 Å². The van der Waals surface area contributed by atoms with Gasteiger partial charge in [-0.25, -0.2) is 0 Å². The van der Waals surface area contributed by atoms with Crippen LogP contribution in [0.2, 0.25) is 19.6 Å². The summed E-state index contributed by atoms with van der Waals surface area (Å²) in [7, 11) is -1.35. The molecule has 0 saturated heterocycles. The minimum Gasteiger partial charge on any atom is -0.501 e. The Morgan fingerprint density at radius 2 is 1.55 bits per heavy atom. The molecule has 3 heterocycles. The molecule has 0 aliphatic heterocycles. The molecule has 1 aliphatic carbocycles. The van der Waals surface area contributed by atoms with E-state index in [-0.39, 0.29) is 20.1 Å². The first kappa shape index (κ1) is 36.6. The normalized spacial score (nSPS) is 13.3. The van der Waals surface area contributed by atoms with Crippen molar-refractivity contribution in [3.05, 3.63) is 139 Å². The van der Waals surface area contributed by atoms with Gasteiger partial charge < -0.3 is 14.4 Å². The van der Waals surface area contributed by atoms with Crippen LogP contribution in [-0.2, 0) is 26.5 Å². The molecule has 3 nitrogen and oxygen atoms in total. The van der Waals surface area contributed by atoms with Gasteiger partial charge in [0, 0.05) is 37.9 Å². The summed E-state index contributed by atoms with van der Waals surface area (Å²) in [5.41, 5.74) is 10.9. The quantitative estimate of drug-likeness (QED) is 0.118. The summed E-state index contributed by atoms with van der Waals surface area (Å²) in [6.45, 7) is 11.7. The van der Waals surface area contributed by atoms with Crippen molar-refractivity contribution in [2.75, 3.05) is 0 Å². The van der Waals surface area contributed by atoms with E-state index in [1.807, 2.05) is 30.5 Å². The van der Waals surface area contributed by atoms with E-state index >= 15 is 0 Å². The largest absolute Gasteiger partial charge is 0.501 e. The molecule has 1 radical (unpaired) electrons. The zero-order valence-corrected chi connectivity index (χ0v) is 33.7. The monoisotopic (exact) mass is 863 g/mol. The fourth-order valence-electron chi connectivity index (χ4n) is 7.25. The number of hydrogen-bond acceptors (Lipinski definition) is 3. The van der Waals surface area contributed by atoms with Gasteiger partial charge in [-0.15, -0.1) is 54.1 Å². The molecule has 0 spiro atoms. The van der Waals surface area contributed by atoms with Crippen LogP contribution < -0.4 is 5.19 Å². The number of furan rings is 1. The zero-order chi connectivity index (χ0) is 34.7. The molecule has 261 valence electrons. The third kappa shape index (κ3) is 8.33. The molecule has 0 bridgehead atoms. The average Bonchev–Trinajstić information content (AvgIpc) is 3.79. The standard InChI is InChI=1S/C26H20NO.C20H26NSi.Ir/c1-17(2)19-13-14-27-24(15-19)23-10-6-9-22-21-12-11-20(16-25(21)28-26(22)23)18-7-4-3-5-8-18;1-22(2,3)20-15-21-19(17-11-5-4-6-12-17)14-18(20)13-16-9-7-8-10-16;/h3-9,11-17H,1-2H3;4-6,11,14-16H,7-10,13H2,1-3H3;/q2*-1;. The Bertz CT molecular complexity index is 2210. The summed E-state index contributed by atoms with van der Waals surface area (Å²) in [4.78, 5) is 9.34. The van der Waals surface area contributed by atoms with Crippen LogP contribution in [0.4, 0.5) is 0 Å². The molecular weight excluding hydrogens is 817 g/mol. The van der Waals surface area contributed by atoms with Crippen LogP contribution >= 0.6 is 0 Å². The zero-order valence-electron chi connectivity index (χ0n) is 30.3. The van der Waals surface area contributed by atoms with Crippen molar-refractivity contribution in [1.29, 1.82) is 0 Å². The predicted octanol–water partition coefficient (Wildman–Crippen LogP) is 12.1. The van der Waals surface area contributed by atoms with Gasteiger partial charge in [0.25, 0.3) is 0 Å². The van der Waals surface area contributed by atoms with Crippen molar-refractivity contribution in [3.8, 4) is 33.6 Å². The van der Waals surface area contributed by atoms with E-state index < -0.39 is 8.07 Å². The maximum absolute atomic E-state index is 6.33. The van der Waals surface area contributed by atoms with Gasteiger partial charge in [0.05, 0.1) is 13.7 Å². The summed E-state index contributed by atoms with van der Waals surface area (Å²) in [6.07, 6.45) is 10.9. The molecule has 1 aliphatic rings. The van der Waals surface area contributed by atoms with Crippen LogP contribution in [-0.4, -0.2) is 18.0 Å². The number of nitrogens with zero attached hydrogens (tertiary/aromatic N) is 2. The minimum absolute atomic E-state index is 0. The predicted molar refractivity (Wildman–Crippen MR) is 212 cm³/mol. The van der Waals surface area contributed by atoms with Gasteiger partial charge in [-0.3, -0.25) is 0 Å². The Morgan fingerprint density at radius 3 is 2.27 bits per heavy atom. The van der Waals surface area contributed by atoms with Crippen molar-refractivity contribution in [2.24, 2.45) is 5.92 Å². The van der Waals surface area contributed by atoms with Crippen molar-refractivity contribution in [2.45, 2.75) is 71.5 Å². The number of hydrogen-bond donors (Lipinski definition) is 0. The SMILES string of the molecule is CC(C)c1ccnc(-c2[c-]ccc3c2oc2cc(-c4ccccc4)ccc23)c1.C[Si](C)(C)c1cnc(-c2[c-]cccc2)cc1CC1CCCC1.[Ir]. The second kappa shape index (κ2) is 16.0. The maximum atomic E-state index is 6.33. The Morgan fingerprint density at radius 1 is 0.765 bits per heavy atom. The summed E-state index contributed by atoms with van der Waals surface area (Å²) in [5, 5.41) is 3.75. The first-order valence-corrected chi connectivity index (χ1v) is 21.6. The van der Waals surface area contributed by atoms with Gasteiger partial charge in [-0.05, 0) is 58.1 Å². The van der Waals surface area contributed by atoms with Crippen molar-refractivity contribution in [1.82, 2.24) is 9.97 Å². The van der Waals surface area contributed by atoms with E-state index in [0.717, 1.165) is 55.9 Å². The van der Waals surface area contributed by atoms with E-state index in [1.54, 1.807) is 10.8 Å². The number of fused-ring (bicyclic) bond motifs is 3. The van der Waals surface area contributed by atoms with E-state index in [4.69, 9.17) is 9.40 Å². The smallest absolute Gasteiger partial charge is 0.121 e. The van der Waals surface area contributed by atoms with E-state index in [1.165, 1.54) is 43.2 Å². The fourth-order valence-corrected chi connectivity index (χ4v) is 8.84. The van der Waals surface area contributed by atoms with Gasteiger partial charge in [0.1, 0.15) is 5.58 Å². The van der Waals surface area contributed by atoms with E-state index in [0.29, 0.717) is 5.92 Å². The summed E-state index contributed by atoms with van der Waals surface area (Å²) < 4.78 is 6.33. The minimum atomic E-state index is -1.35. The molecule has 4 aromatic carbocycles. The van der Waals surface area contributed by atoms with Gasteiger partial charge in [-0.2, -0.15) is 0 Å². The van der Waals surface area contributed by atoms with Crippen LogP contribution in [0.1, 0.15) is 56.6 Å². The molecule has 0 atom stereocenters. The molecule has 0 amide bonds. The van der Waals surface area contributed by atoms with Gasteiger partial charge in [-0.1, -0.05) is 136 Å². The summed E-state index contributed by atoms with van der Waals surface area (Å²) in [5.74, 6) is 1.33. The fraction of sp³-hybridized carbons (Fsp3) is 0.261. The number of pyridine rings is 2. The molecule has 0 N–H and O–H groups in total. The van der Waals surface area contributed by atoms with Gasteiger partial charge in [0.15, 0.2) is 0 Å². The molecule has 5 heteroatoms. The molecule has 1 saturated carbocycles. The van der Waals surface area contributed by atoms with Gasteiger partial charge >= 0.3 is 0 Å². The third-order valence-electron chi connectivity index (χ3n) is 10.0. The summed E-state index contributed by atoms with van der Waals surface area (Å²) >= 11 is 0. The van der Waals surface area contributed by atoms with Crippen molar-refractivity contribution < 1.29 is 24.5 Å². The van der Waals surface area contributed by atoms with E-state index in [9.17, 15) is 0 Å². The Labute approximate surface area is 317 Å². The number of benzene rings is 4. The maximum Gasteiger partial charge on any atom is 0.121 e. The molecule has 0 unspecified atom stereocenters. The first-order valence-electron chi connectivity index (χ1n) is 18.1.